The summed E-state index contributed by atoms with van der Waals surface area (Å²) in [5.74, 6) is -0.422. The van der Waals surface area contributed by atoms with Gasteiger partial charge in [0.25, 0.3) is 0 Å². The molecule has 0 bridgehead atoms. The molecule has 0 saturated carbocycles. The van der Waals surface area contributed by atoms with Crippen molar-refractivity contribution < 1.29 is 36.9 Å². The Labute approximate surface area is 333 Å². The molecular formula is C47H60F2O6S. The molecule has 0 aromatic heterocycles. The van der Waals surface area contributed by atoms with Crippen LogP contribution in [0.25, 0.3) is 0 Å². The number of aliphatic hydroxyl groups is 2. The Balaban J connectivity index is 0.000000215. The molecule has 2 aliphatic rings. The molecule has 0 fully saturated rings. The van der Waals surface area contributed by atoms with Crippen molar-refractivity contribution in [2.45, 2.75) is 121 Å². The summed E-state index contributed by atoms with van der Waals surface area (Å²) in [4.78, 5) is 0.193. The summed E-state index contributed by atoms with van der Waals surface area (Å²) in [6, 6.07) is 23.7. The fraction of sp³-hybridized carbons (Fsp3) is 0.489. The van der Waals surface area contributed by atoms with Gasteiger partial charge in [-0.25, -0.2) is 17.2 Å². The molecule has 4 aromatic carbocycles. The molecule has 0 amide bonds. The number of rotatable bonds is 12. The van der Waals surface area contributed by atoms with Gasteiger partial charge >= 0.3 is 0 Å². The van der Waals surface area contributed by atoms with Gasteiger partial charge in [-0.1, -0.05) is 83.7 Å². The largest absolute Gasteiger partial charge is 0.497 e. The number of hydrogen-bond donors (Lipinski definition) is 2. The molecule has 6 atom stereocenters. The van der Waals surface area contributed by atoms with Crippen LogP contribution in [0.3, 0.4) is 0 Å². The minimum absolute atomic E-state index is 0.122. The number of benzene rings is 4. The van der Waals surface area contributed by atoms with Crippen molar-refractivity contribution in [2.24, 2.45) is 10.8 Å². The van der Waals surface area contributed by atoms with Crippen molar-refractivity contribution >= 4 is 9.84 Å². The summed E-state index contributed by atoms with van der Waals surface area (Å²) >= 11 is 0. The molecule has 9 heteroatoms. The number of unbranched alkanes of at least 4 members (excludes halogenated alkanes) is 2. The highest BCUT2D eigenvalue weighted by Gasteiger charge is 2.49. The molecule has 4 aromatic rings. The van der Waals surface area contributed by atoms with E-state index in [1.807, 2.05) is 32.0 Å². The average Bonchev–Trinajstić information content (AvgIpc) is 3.36. The first-order valence-electron chi connectivity index (χ1n) is 20.3. The van der Waals surface area contributed by atoms with Gasteiger partial charge in [-0.05, 0) is 126 Å². The second-order valence-electron chi connectivity index (χ2n) is 15.8. The highest BCUT2D eigenvalue weighted by Crippen LogP contribution is 2.51. The summed E-state index contributed by atoms with van der Waals surface area (Å²) in [6.07, 6.45) is 7.32. The van der Waals surface area contributed by atoms with E-state index in [0.29, 0.717) is 29.7 Å². The lowest BCUT2D eigenvalue weighted by atomic mass is 9.67. The topological polar surface area (TPSA) is 93.1 Å². The van der Waals surface area contributed by atoms with Crippen LogP contribution in [0, 0.1) is 22.5 Å². The highest BCUT2D eigenvalue weighted by molar-refractivity contribution is 7.91. The molecule has 0 radical (unpaired) electrons. The van der Waals surface area contributed by atoms with Gasteiger partial charge < -0.3 is 19.7 Å². The minimum Gasteiger partial charge on any atom is -0.497 e. The molecule has 1 heterocycles. The lowest BCUT2D eigenvalue weighted by Gasteiger charge is -2.40. The number of fused-ring (bicyclic) bond motifs is 2. The van der Waals surface area contributed by atoms with Gasteiger partial charge in [0.05, 0.1) is 37.1 Å². The van der Waals surface area contributed by atoms with E-state index in [1.54, 1.807) is 49.6 Å². The summed E-state index contributed by atoms with van der Waals surface area (Å²) in [5.41, 5.74) is 3.22. The second kappa shape index (κ2) is 18.6. The molecule has 56 heavy (non-hydrogen) atoms. The molecule has 1 aliphatic heterocycles. The normalized spacial score (nSPS) is 25.4. The predicted molar refractivity (Wildman–Crippen MR) is 219 cm³/mol. The second-order valence-corrected chi connectivity index (χ2v) is 17.8. The van der Waals surface area contributed by atoms with E-state index >= 15 is 0 Å². The first kappa shape index (κ1) is 43.3. The van der Waals surface area contributed by atoms with Crippen LogP contribution < -0.4 is 9.47 Å². The fourth-order valence-corrected chi connectivity index (χ4v) is 11.5. The molecular weight excluding hydrogens is 731 g/mol. The summed E-state index contributed by atoms with van der Waals surface area (Å²) in [6.45, 7) is 8.34. The van der Waals surface area contributed by atoms with E-state index < -0.39 is 39.2 Å². The zero-order valence-corrected chi connectivity index (χ0v) is 34.7. The van der Waals surface area contributed by atoms with E-state index in [2.05, 4.69) is 19.9 Å². The van der Waals surface area contributed by atoms with E-state index in [0.717, 1.165) is 68.2 Å². The number of halogens is 2. The standard InChI is InChI=1S/C24H31FO2.C23H29FO4S/c1-4-6-13-24(5-2)14-12-17-10-11-20(27-3)16-21(17)22(23(24)26)18-8-7-9-19(25)15-18;1-4-6-12-23(5-2)15-29(26,27)20-11-10-18(28-3)14-19(20)21(22(23)25)16-8-7-9-17(24)13-16/h7-11,15-16,22-23,26H,4-6,12-14H2,1-3H3;7-11,13-14,21-22,25H,4-6,12,15H2,1-3H3/t22-,23-,24-;21-,22-,23+/m10/s1. The predicted octanol–water partition coefficient (Wildman–Crippen LogP) is 10.6. The third kappa shape index (κ3) is 9.00. The first-order chi connectivity index (χ1) is 26.8. The summed E-state index contributed by atoms with van der Waals surface area (Å²) in [5, 5.41) is 23.3. The molecule has 1 aliphatic carbocycles. The molecule has 304 valence electrons. The maximum absolute atomic E-state index is 14.1. The van der Waals surface area contributed by atoms with Gasteiger partial charge in [0, 0.05) is 17.3 Å². The van der Waals surface area contributed by atoms with Gasteiger partial charge in [0.1, 0.15) is 23.1 Å². The molecule has 0 spiro atoms. The first-order valence-corrected chi connectivity index (χ1v) is 21.9. The van der Waals surface area contributed by atoms with Gasteiger partial charge in [0.2, 0.25) is 0 Å². The molecule has 0 unspecified atom stereocenters. The van der Waals surface area contributed by atoms with Crippen LogP contribution in [-0.2, 0) is 16.3 Å². The van der Waals surface area contributed by atoms with Crippen molar-refractivity contribution in [3.05, 3.63) is 124 Å². The van der Waals surface area contributed by atoms with Gasteiger partial charge in [-0.15, -0.1) is 0 Å². The molecule has 0 saturated heterocycles. The van der Waals surface area contributed by atoms with Crippen molar-refractivity contribution in [2.75, 3.05) is 20.0 Å². The Kier molecular flexibility index (Phi) is 14.4. The van der Waals surface area contributed by atoms with Crippen molar-refractivity contribution in [3.8, 4) is 11.5 Å². The van der Waals surface area contributed by atoms with Crippen LogP contribution in [0.1, 0.15) is 125 Å². The minimum atomic E-state index is -3.65. The average molecular weight is 791 g/mol. The Bertz CT molecular complexity index is 2030. The Morgan fingerprint density at radius 1 is 0.679 bits per heavy atom. The van der Waals surface area contributed by atoms with Crippen molar-refractivity contribution in [1.82, 2.24) is 0 Å². The fourth-order valence-electron chi connectivity index (χ4n) is 9.24. The molecule has 2 N–H and O–H groups in total. The van der Waals surface area contributed by atoms with Gasteiger partial charge in [0.15, 0.2) is 9.84 Å². The smallest absolute Gasteiger partial charge is 0.179 e. The van der Waals surface area contributed by atoms with Crippen LogP contribution in [0.2, 0.25) is 0 Å². The Morgan fingerprint density at radius 2 is 1.18 bits per heavy atom. The van der Waals surface area contributed by atoms with Crippen molar-refractivity contribution in [3.63, 3.8) is 0 Å². The van der Waals surface area contributed by atoms with E-state index in [-0.39, 0.29) is 27.8 Å². The number of hydrogen-bond acceptors (Lipinski definition) is 6. The number of sulfone groups is 1. The molecule has 6 rings (SSSR count). The van der Waals surface area contributed by atoms with E-state index in [1.165, 1.54) is 30.9 Å². The Hall–Kier alpha value is -3.79. The lowest BCUT2D eigenvalue weighted by molar-refractivity contribution is -0.00161. The summed E-state index contributed by atoms with van der Waals surface area (Å²) < 4.78 is 65.7. The lowest BCUT2D eigenvalue weighted by Crippen LogP contribution is -2.42. The SMILES string of the molecule is CCCC[C@]1(CC)CCc2ccc(OC)cc2[C@@H](c2cccc(F)c2)[C@H]1O.CCCC[C@]1(CC)CS(=O)(=O)c2ccc(OC)cc2[C@H](c2cccc(F)c2)[C@@H]1O. The molecule has 6 nitrogen and oxygen atoms in total. The zero-order valence-electron chi connectivity index (χ0n) is 33.9. The zero-order chi connectivity index (χ0) is 40.7. The van der Waals surface area contributed by atoms with Gasteiger partial charge in [-0.2, -0.15) is 0 Å². The number of aliphatic hydroxyl groups excluding tert-OH is 2. The monoisotopic (exact) mass is 790 g/mol. The number of methoxy groups -OCH3 is 2. The Morgan fingerprint density at radius 3 is 1.70 bits per heavy atom. The summed E-state index contributed by atoms with van der Waals surface area (Å²) in [7, 11) is -0.478. The quantitative estimate of drug-likeness (QED) is 0.139. The van der Waals surface area contributed by atoms with Crippen LogP contribution in [0.4, 0.5) is 8.78 Å². The van der Waals surface area contributed by atoms with Crippen LogP contribution in [0.5, 0.6) is 11.5 Å². The van der Waals surface area contributed by atoms with Crippen LogP contribution >= 0.6 is 0 Å². The number of aryl methyl sites for hydroxylation is 1. The van der Waals surface area contributed by atoms with Crippen LogP contribution in [0.15, 0.2) is 89.8 Å². The van der Waals surface area contributed by atoms with Gasteiger partial charge in [-0.3, -0.25) is 0 Å². The van der Waals surface area contributed by atoms with E-state index in [9.17, 15) is 27.4 Å². The van der Waals surface area contributed by atoms with Crippen LogP contribution in [-0.4, -0.2) is 50.8 Å². The number of ether oxygens (including phenoxy) is 2. The highest BCUT2D eigenvalue weighted by atomic mass is 32.2. The maximum atomic E-state index is 14.1. The third-order valence-corrected chi connectivity index (χ3v) is 14.7. The maximum Gasteiger partial charge on any atom is 0.179 e. The van der Waals surface area contributed by atoms with E-state index in [4.69, 9.17) is 9.47 Å². The third-order valence-electron chi connectivity index (χ3n) is 12.7. The van der Waals surface area contributed by atoms with Crippen molar-refractivity contribution in [1.29, 1.82) is 0 Å².